The summed E-state index contributed by atoms with van der Waals surface area (Å²) in [5.74, 6) is -0.943. The molecule has 1 unspecified atom stereocenters. The minimum Gasteiger partial charge on any atom is -0.755 e. The van der Waals surface area contributed by atoms with Crippen LogP contribution in [0.1, 0.15) is 27.9 Å². The lowest BCUT2D eigenvalue weighted by molar-refractivity contribution is 0.0695. The number of carboxylic acids is 1. The molecule has 7 heteroatoms. The maximum Gasteiger partial charge on any atom is 0.335 e. The van der Waals surface area contributed by atoms with E-state index in [9.17, 15) is 18.7 Å². The van der Waals surface area contributed by atoms with Gasteiger partial charge in [-0.3, -0.25) is 8.51 Å². The number of aromatic carboxylic acids is 1. The van der Waals surface area contributed by atoms with Gasteiger partial charge in [0.2, 0.25) is 0 Å². The molecule has 0 aliphatic carbocycles. The van der Waals surface area contributed by atoms with Gasteiger partial charge in [0.05, 0.1) is 28.2 Å². The lowest BCUT2D eigenvalue weighted by Crippen LogP contribution is -2.21. The predicted molar refractivity (Wildman–Crippen MR) is 141 cm³/mol. The molecule has 0 amide bonds. The third-order valence-electron chi connectivity index (χ3n) is 6.08. The zero-order valence-electron chi connectivity index (χ0n) is 19.7. The van der Waals surface area contributed by atoms with E-state index in [0.29, 0.717) is 36.2 Å². The van der Waals surface area contributed by atoms with E-state index in [4.69, 9.17) is 0 Å². The van der Waals surface area contributed by atoms with Crippen LogP contribution in [-0.4, -0.2) is 33.9 Å². The second kappa shape index (κ2) is 10.7. The first-order chi connectivity index (χ1) is 16.9. The molecule has 6 nitrogen and oxygen atoms in total. The Hall–Kier alpha value is -3.68. The monoisotopic (exact) mass is 487 g/mol. The third kappa shape index (κ3) is 5.21. The number of rotatable bonds is 9. The van der Waals surface area contributed by atoms with Gasteiger partial charge in [0.25, 0.3) is 0 Å². The average Bonchev–Trinajstić information content (AvgIpc) is 2.85. The Morgan fingerprint density at radius 2 is 1.31 bits per heavy atom. The molecule has 0 radical (unpaired) electrons. The van der Waals surface area contributed by atoms with E-state index in [1.54, 1.807) is 12.1 Å². The number of nitrogens with zero attached hydrogens (tertiary/aromatic N) is 2. The van der Waals surface area contributed by atoms with Gasteiger partial charge < -0.3 is 14.6 Å². The minimum atomic E-state index is -2.55. The van der Waals surface area contributed by atoms with Crippen molar-refractivity contribution in [2.75, 3.05) is 23.3 Å². The fourth-order valence-electron chi connectivity index (χ4n) is 4.47. The zero-order chi connectivity index (χ0) is 24.9. The Morgan fingerprint density at radius 1 is 0.771 bits per heavy atom. The van der Waals surface area contributed by atoms with Gasteiger partial charge >= 0.3 is 5.97 Å². The molecule has 0 heterocycles. The van der Waals surface area contributed by atoms with Gasteiger partial charge in [-0.25, -0.2) is 4.79 Å². The largest absolute Gasteiger partial charge is 0.755 e. The van der Waals surface area contributed by atoms with Crippen molar-refractivity contribution in [2.24, 2.45) is 0 Å². The highest BCUT2D eigenvalue weighted by Crippen LogP contribution is 2.38. The summed E-state index contributed by atoms with van der Waals surface area (Å²) in [5, 5.41) is 11.3. The molecule has 0 saturated carbocycles. The van der Waals surface area contributed by atoms with E-state index < -0.39 is 17.2 Å². The molecule has 0 spiro atoms. The number of aryl methyl sites for hydroxylation is 2. The van der Waals surface area contributed by atoms with Gasteiger partial charge in [-0.15, -0.1) is 0 Å². The summed E-state index contributed by atoms with van der Waals surface area (Å²) in [6, 6.07) is 26.0. The molecule has 35 heavy (non-hydrogen) atoms. The van der Waals surface area contributed by atoms with Crippen LogP contribution in [-0.2, 0) is 24.1 Å². The maximum atomic E-state index is 12.6. The van der Waals surface area contributed by atoms with Gasteiger partial charge in [0.1, 0.15) is 0 Å². The lowest BCUT2D eigenvalue weighted by atomic mass is 9.99. The van der Waals surface area contributed by atoms with Crippen LogP contribution in [0, 0.1) is 0 Å². The van der Waals surface area contributed by atoms with Crippen molar-refractivity contribution in [1.82, 2.24) is 0 Å². The van der Waals surface area contributed by atoms with E-state index in [-0.39, 0.29) is 0 Å². The highest BCUT2D eigenvalue weighted by Gasteiger charge is 2.18. The van der Waals surface area contributed by atoms with Gasteiger partial charge in [-0.2, -0.15) is 0 Å². The lowest BCUT2D eigenvalue weighted by Gasteiger charge is -2.30. The quantitative estimate of drug-likeness (QED) is 0.306. The van der Waals surface area contributed by atoms with Crippen molar-refractivity contribution in [2.45, 2.75) is 19.3 Å². The number of fused-ring (bicyclic) bond motifs is 1. The molecule has 0 bridgehead atoms. The van der Waals surface area contributed by atoms with E-state index in [1.807, 2.05) is 91.8 Å². The smallest absolute Gasteiger partial charge is 0.335 e. The van der Waals surface area contributed by atoms with E-state index >= 15 is 0 Å². The molecule has 0 aromatic heterocycles. The van der Waals surface area contributed by atoms with Crippen molar-refractivity contribution in [3.8, 4) is 0 Å². The van der Waals surface area contributed by atoms with Crippen molar-refractivity contribution in [3.05, 3.63) is 102 Å². The topological polar surface area (TPSA) is 83.9 Å². The molecule has 1 atom stereocenters. The van der Waals surface area contributed by atoms with E-state index in [1.165, 1.54) is 4.31 Å². The van der Waals surface area contributed by atoms with Crippen LogP contribution < -0.4 is 9.21 Å². The molecule has 1 N–H and O–H groups in total. The molecule has 4 aromatic rings. The number of anilines is 3. The summed E-state index contributed by atoms with van der Waals surface area (Å²) >= 11 is -2.55. The molecule has 0 saturated heterocycles. The molecular weight excluding hydrogens is 460 g/mol. The van der Waals surface area contributed by atoms with E-state index in [0.717, 1.165) is 27.6 Å². The SMILES string of the molecule is CN(C)c1cccc2c(N(c3ccccc3CCCc3ccccc3C(=O)O)S(=O)[O-])cccc12. The van der Waals surface area contributed by atoms with Crippen LogP contribution in [0.5, 0.6) is 0 Å². The fourth-order valence-corrected chi connectivity index (χ4v) is 5.13. The van der Waals surface area contributed by atoms with Crippen LogP contribution in [0.4, 0.5) is 17.1 Å². The van der Waals surface area contributed by atoms with E-state index in [2.05, 4.69) is 0 Å². The Morgan fingerprint density at radius 3 is 1.97 bits per heavy atom. The van der Waals surface area contributed by atoms with Gasteiger partial charge in [-0.05, 0) is 54.7 Å². The Kier molecular flexibility index (Phi) is 7.48. The summed E-state index contributed by atoms with van der Waals surface area (Å²) in [4.78, 5) is 13.5. The number of benzene rings is 4. The van der Waals surface area contributed by atoms with Crippen LogP contribution in [0.2, 0.25) is 0 Å². The third-order valence-corrected chi connectivity index (χ3v) is 6.77. The van der Waals surface area contributed by atoms with Crippen LogP contribution >= 0.6 is 0 Å². The maximum absolute atomic E-state index is 12.6. The standard InChI is InChI=1S/C28H28N2O4S/c1-29(2)26-18-8-16-24-23(26)15-9-19-27(24)30(35(33)34)25-17-6-4-11-21(25)13-7-12-20-10-3-5-14-22(20)28(31)32/h3-6,8-11,14-19H,7,12-13H2,1-2H3,(H,31,32)(H,33,34)/p-1. The molecule has 180 valence electrons. The number of hydrogen-bond donors (Lipinski definition) is 1. The fraction of sp³-hybridized carbons (Fsp3) is 0.179. The predicted octanol–water partition coefficient (Wildman–Crippen LogP) is 5.71. The summed E-state index contributed by atoms with van der Waals surface area (Å²) in [5.41, 5.74) is 4.14. The molecule has 4 aromatic carbocycles. The van der Waals surface area contributed by atoms with Gasteiger partial charge in [0.15, 0.2) is 0 Å². The minimum absolute atomic E-state index is 0.301. The van der Waals surface area contributed by atoms with Crippen molar-refractivity contribution in [3.63, 3.8) is 0 Å². The van der Waals surface area contributed by atoms with Gasteiger partial charge in [-0.1, -0.05) is 60.7 Å². The Bertz CT molecular complexity index is 1390. The summed E-state index contributed by atoms with van der Waals surface area (Å²) in [7, 11) is 3.92. The molecular formula is C28H27N2O4S-. The number of carbonyl (C=O) groups is 1. The first-order valence-electron chi connectivity index (χ1n) is 11.4. The number of hydrogen-bond acceptors (Lipinski definition) is 4. The Balaban J connectivity index is 1.69. The highest BCUT2D eigenvalue weighted by molar-refractivity contribution is 7.81. The number of para-hydroxylation sites is 1. The molecule has 0 aliphatic heterocycles. The average molecular weight is 488 g/mol. The second-order valence-electron chi connectivity index (χ2n) is 8.50. The normalized spacial score (nSPS) is 11.9. The summed E-state index contributed by atoms with van der Waals surface area (Å²) in [6.07, 6.45) is 1.87. The second-order valence-corrected chi connectivity index (χ2v) is 9.30. The first kappa shape index (κ1) is 24.4. The van der Waals surface area contributed by atoms with Gasteiger partial charge in [0, 0.05) is 30.6 Å². The van der Waals surface area contributed by atoms with Crippen LogP contribution in [0.15, 0.2) is 84.9 Å². The van der Waals surface area contributed by atoms with Crippen molar-refractivity contribution < 1.29 is 18.7 Å². The van der Waals surface area contributed by atoms with Crippen LogP contribution in [0.3, 0.4) is 0 Å². The molecule has 0 fully saturated rings. The molecule has 4 rings (SSSR count). The first-order valence-corrected chi connectivity index (χ1v) is 12.4. The van der Waals surface area contributed by atoms with Crippen LogP contribution in [0.25, 0.3) is 10.8 Å². The van der Waals surface area contributed by atoms with Crippen molar-refractivity contribution >= 4 is 45.1 Å². The van der Waals surface area contributed by atoms with Crippen molar-refractivity contribution in [1.29, 1.82) is 0 Å². The highest BCUT2D eigenvalue weighted by atomic mass is 32.2. The number of carboxylic acid groups (broad SMARTS) is 1. The Labute approximate surface area is 207 Å². The zero-order valence-corrected chi connectivity index (χ0v) is 20.5. The molecule has 0 aliphatic rings. The summed E-state index contributed by atoms with van der Waals surface area (Å²) in [6.45, 7) is 0. The summed E-state index contributed by atoms with van der Waals surface area (Å²) < 4.78 is 26.5.